The normalized spacial score (nSPS) is 15.4. The number of ether oxygens (including phenoxy) is 1. The standard InChI is InChI=1S/C20H22N2O3S/c23-20(14-18-17-5-1-2-6-19(17)25-21-18)22(15-8-11-24-12-9-15)10-7-16-4-3-13-26-16/h1-6,13,15H,7-12,14H2. The highest BCUT2D eigenvalue weighted by Gasteiger charge is 2.27. The van der Waals surface area contributed by atoms with Crippen LogP contribution in [-0.4, -0.2) is 41.8 Å². The predicted octanol–water partition coefficient (Wildman–Crippen LogP) is 3.68. The Morgan fingerprint density at radius 1 is 1.19 bits per heavy atom. The van der Waals surface area contributed by atoms with Crippen molar-refractivity contribution in [1.82, 2.24) is 10.1 Å². The van der Waals surface area contributed by atoms with E-state index in [-0.39, 0.29) is 18.4 Å². The molecule has 5 nitrogen and oxygen atoms in total. The van der Waals surface area contributed by atoms with Crippen molar-refractivity contribution in [3.63, 3.8) is 0 Å². The molecule has 136 valence electrons. The minimum atomic E-state index is 0.118. The number of rotatable bonds is 6. The molecule has 1 aromatic carbocycles. The molecule has 0 radical (unpaired) electrons. The molecule has 0 spiro atoms. The average molecular weight is 370 g/mol. The van der Waals surface area contributed by atoms with E-state index >= 15 is 0 Å². The molecule has 1 saturated heterocycles. The van der Waals surface area contributed by atoms with Crippen molar-refractivity contribution in [2.75, 3.05) is 19.8 Å². The van der Waals surface area contributed by atoms with E-state index in [9.17, 15) is 4.79 Å². The van der Waals surface area contributed by atoms with Gasteiger partial charge in [0.15, 0.2) is 5.58 Å². The summed E-state index contributed by atoms with van der Waals surface area (Å²) in [5.41, 5.74) is 1.45. The van der Waals surface area contributed by atoms with Gasteiger partial charge in [-0.2, -0.15) is 0 Å². The molecule has 1 fully saturated rings. The van der Waals surface area contributed by atoms with Crippen molar-refractivity contribution in [2.24, 2.45) is 0 Å². The van der Waals surface area contributed by atoms with Gasteiger partial charge in [0.2, 0.25) is 5.91 Å². The molecule has 0 N–H and O–H groups in total. The summed E-state index contributed by atoms with van der Waals surface area (Å²) in [7, 11) is 0. The van der Waals surface area contributed by atoms with E-state index < -0.39 is 0 Å². The van der Waals surface area contributed by atoms with Gasteiger partial charge in [-0.1, -0.05) is 23.4 Å². The van der Waals surface area contributed by atoms with E-state index in [1.54, 1.807) is 11.3 Å². The molecule has 4 rings (SSSR count). The third-order valence-electron chi connectivity index (χ3n) is 4.90. The summed E-state index contributed by atoms with van der Waals surface area (Å²) < 4.78 is 10.8. The van der Waals surface area contributed by atoms with E-state index in [4.69, 9.17) is 9.26 Å². The maximum Gasteiger partial charge on any atom is 0.229 e. The molecule has 0 aliphatic carbocycles. The number of thiophene rings is 1. The van der Waals surface area contributed by atoms with Gasteiger partial charge in [-0.05, 0) is 42.8 Å². The lowest BCUT2D eigenvalue weighted by Gasteiger charge is -2.34. The molecular weight excluding hydrogens is 348 g/mol. The third-order valence-corrected chi connectivity index (χ3v) is 5.84. The first kappa shape index (κ1) is 17.2. The first-order valence-electron chi connectivity index (χ1n) is 9.04. The smallest absolute Gasteiger partial charge is 0.229 e. The zero-order valence-corrected chi connectivity index (χ0v) is 15.4. The van der Waals surface area contributed by atoms with Gasteiger partial charge >= 0.3 is 0 Å². The maximum absolute atomic E-state index is 13.1. The summed E-state index contributed by atoms with van der Waals surface area (Å²) >= 11 is 1.74. The van der Waals surface area contributed by atoms with E-state index in [2.05, 4.69) is 22.7 Å². The lowest BCUT2D eigenvalue weighted by molar-refractivity contribution is -0.134. The fourth-order valence-corrected chi connectivity index (χ4v) is 4.20. The molecule has 3 heterocycles. The monoisotopic (exact) mass is 370 g/mol. The maximum atomic E-state index is 13.1. The Balaban J connectivity index is 1.50. The lowest BCUT2D eigenvalue weighted by Crippen LogP contribution is -2.45. The molecule has 2 aromatic heterocycles. The van der Waals surface area contributed by atoms with Gasteiger partial charge < -0.3 is 14.2 Å². The quantitative estimate of drug-likeness (QED) is 0.664. The Morgan fingerprint density at radius 2 is 2.04 bits per heavy atom. The zero-order valence-electron chi connectivity index (χ0n) is 14.6. The Morgan fingerprint density at radius 3 is 2.85 bits per heavy atom. The van der Waals surface area contributed by atoms with Crippen molar-refractivity contribution in [1.29, 1.82) is 0 Å². The third kappa shape index (κ3) is 3.81. The van der Waals surface area contributed by atoms with Crippen molar-refractivity contribution in [3.8, 4) is 0 Å². The molecule has 0 saturated carbocycles. The van der Waals surface area contributed by atoms with E-state index in [0.717, 1.165) is 55.7 Å². The van der Waals surface area contributed by atoms with Gasteiger partial charge in [-0.25, -0.2) is 0 Å². The largest absolute Gasteiger partial charge is 0.381 e. The summed E-state index contributed by atoms with van der Waals surface area (Å²) in [6.45, 7) is 2.18. The van der Waals surface area contributed by atoms with E-state index in [1.165, 1.54) is 4.88 Å². The Hall–Kier alpha value is -2.18. The van der Waals surface area contributed by atoms with Gasteiger partial charge in [-0.3, -0.25) is 4.79 Å². The van der Waals surface area contributed by atoms with Crippen molar-refractivity contribution < 1.29 is 14.1 Å². The number of fused-ring (bicyclic) bond motifs is 1. The molecule has 0 bridgehead atoms. The van der Waals surface area contributed by atoms with Crippen molar-refractivity contribution in [3.05, 3.63) is 52.3 Å². The van der Waals surface area contributed by atoms with Crippen LogP contribution in [-0.2, 0) is 22.4 Å². The zero-order chi connectivity index (χ0) is 17.8. The summed E-state index contributed by atoms with van der Waals surface area (Å²) in [4.78, 5) is 16.5. The van der Waals surface area contributed by atoms with Crippen LogP contribution >= 0.6 is 11.3 Å². The van der Waals surface area contributed by atoms with Crippen LogP contribution < -0.4 is 0 Å². The second-order valence-electron chi connectivity index (χ2n) is 6.56. The van der Waals surface area contributed by atoms with Crippen LogP contribution in [0.5, 0.6) is 0 Å². The highest BCUT2D eigenvalue weighted by atomic mass is 32.1. The summed E-state index contributed by atoms with van der Waals surface area (Å²) in [6, 6.07) is 12.1. The number of carbonyl (C=O) groups is 1. The number of amides is 1. The molecule has 6 heteroatoms. The number of hydrogen-bond donors (Lipinski definition) is 0. The first-order valence-corrected chi connectivity index (χ1v) is 9.92. The van der Waals surface area contributed by atoms with Gasteiger partial charge in [0, 0.05) is 36.1 Å². The second-order valence-corrected chi connectivity index (χ2v) is 7.59. The SMILES string of the molecule is O=C(Cc1noc2ccccc12)N(CCc1cccs1)C1CCOCC1. The van der Waals surface area contributed by atoms with Crippen LogP contribution in [0.3, 0.4) is 0 Å². The first-order chi connectivity index (χ1) is 12.8. The number of aromatic nitrogens is 1. The Bertz CT molecular complexity index is 853. The number of carbonyl (C=O) groups excluding carboxylic acids is 1. The Labute approximate surface area is 156 Å². The van der Waals surface area contributed by atoms with Crippen LogP contribution in [0, 0.1) is 0 Å². The van der Waals surface area contributed by atoms with Gasteiger partial charge in [0.25, 0.3) is 0 Å². The molecule has 0 unspecified atom stereocenters. The van der Waals surface area contributed by atoms with Crippen LogP contribution in [0.15, 0.2) is 46.3 Å². The summed E-state index contributed by atoms with van der Waals surface area (Å²) in [6.07, 6.45) is 2.96. The predicted molar refractivity (Wildman–Crippen MR) is 101 cm³/mol. The molecule has 0 atom stereocenters. The van der Waals surface area contributed by atoms with Gasteiger partial charge in [0.1, 0.15) is 5.69 Å². The molecule has 1 amide bonds. The summed E-state index contributed by atoms with van der Waals surface area (Å²) in [5, 5.41) is 7.13. The number of nitrogens with zero attached hydrogens (tertiary/aromatic N) is 2. The van der Waals surface area contributed by atoms with Crippen LogP contribution in [0.2, 0.25) is 0 Å². The van der Waals surface area contributed by atoms with Gasteiger partial charge in [0.05, 0.1) is 6.42 Å². The molecule has 3 aromatic rings. The van der Waals surface area contributed by atoms with Crippen LogP contribution in [0.4, 0.5) is 0 Å². The Kier molecular flexibility index (Phi) is 5.32. The topological polar surface area (TPSA) is 55.6 Å². The molecule has 1 aliphatic rings. The highest BCUT2D eigenvalue weighted by molar-refractivity contribution is 7.09. The lowest BCUT2D eigenvalue weighted by atomic mass is 10.0. The van der Waals surface area contributed by atoms with Gasteiger partial charge in [-0.15, -0.1) is 11.3 Å². The second kappa shape index (κ2) is 8.01. The summed E-state index contributed by atoms with van der Waals surface area (Å²) in [5.74, 6) is 0.118. The van der Waals surface area contributed by atoms with Crippen molar-refractivity contribution >= 4 is 28.2 Å². The molecule has 26 heavy (non-hydrogen) atoms. The minimum absolute atomic E-state index is 0.118. The van der Waals surface area contributed by atoms with Crippen LogP contribution in [0.1, 0.15) is 23.4 Å². The number of benzene rings is 1. The van der Waals surface area contributed by atoms with Crippen LogP contribution in [0.25, 0.3) is 11.0 Å². The van der Waals surface area contributed by atoms with E-state index in [1.807, 2.05) is 29.2 Å². The van der Waals surface area contributed by atoms with E-state index in [0.29, 0.717) is 0 Å². The molecule has 1 aliphatic heterocycles. The minimum Gasteiger partial charge on any atom is -0.381 e. The highest BCUT2D eigenvalue weighted by Crippen LogP contribution is 2.21. The fourth-order valence-electron chi connectivity index (χ4n) is 3.50. The fraction of sp³-hybridized carbons (Fsp3) is 0.400. The average Bonchev–Trinajstić information content (AvgIpc) is 3.33. The van der Waals surface area contributed by atoms with Crippen molar-refractivity contribution in [2.45, 2.75) is 31.7 Å². The molecular formula is C20H22N2O3S. The number of hydrogen-bond acceptors (Lipinski definition) is 5. The number of para-hydroxylation sites is 1.